The van der Waals surface area contributed by atoms with Crippen LogP contribution in [-0.4, -0.2) is 24.0 Å². The maximum atomic E-state index is 4.59. The molecular weight excluding hydrogens is 248 g/mol. The Hall–Kier alpha value is -2.36. The first-order valence-corrected chi connectivity index (χ1v) is 6.81. The fourth-order valence-electron chi connectivity index (χ4n) is 1.97. The Morgan fingerprint density at radius 2 is 2.15 bits per heavy atom. The summed E-state index contributed by atoms with van der Waals surface area (Å²) in [5.74, 6) is 0.799. The number of guanidine groups is 1. The Balaban J connectivity index is 2.19. The molecule has 104 valence electrons. The molecule has 0 saturated carbocycles. The lowest BCUT2D eigenvalue weighted by Crippen LogP contribution is -2.37. The van der Waals surface area contributed by atoms with Crippen molar-refractivity contribution in [2.24, 2.45) is 4.99 Å². The molecule has 0 spiro atoms. The molecular formula is C16H20N4. The van der Waals surface area contributed by atoms with Crippen LogP contribution >= 0.6 is 0 Å². The van der Waals surface area contributed by atoms with Crippen molar-refractivity contribution in [3.63, 3.8) is 0 Å². The number of benzene rings is 1. The van der Waals surface area contributed by atoms with Gasteiger partial charge in [-0.25, -0.2) is 4.99 Å². The van der Waals surface area contributed by atoms with E-state index in [1.54, 1.807) is 0 Å². The average Bonchev–Trinajstić information content (AvgIpc) is 2.50. The minimum Gasteiger partial charge on any atom is -0.357 e. The summed E-state index contributed by atoms with van der Waals surface area (Å²) in [6.45, 7) is 7.90. The van der Waals surface area contributed by atoms with Crippen molar-refractivity contribution in [2.45, 2.75) is 13.5 Å². The molecule has 20 heavy (non-hydrogen) atoms. The van der Waals surface area contributed by atoms with Crippen molar-refractivity contribution < 1.29 is 0 Å². The fraction of sp³-hybridized carbons (Fsp3) is 0.250. The maximum Gasteiger partial charge on any atom is 0.191 e. The van der Waals surface area contributed by atoms with Crippen LogP contribution in [-0.2, 0) is 6.54 Å². The van der Waals surface area contributed by atoms with E-state index in [1.807, 2.05) is 43.5 Å². The predicted octanol–water partition coefficient (Wildman–Crippen LogP) is 2.48. The summed E-state index contributed by atoms with van der Waals surface area (Å²) in [7, 11) is 0. The van der Waals surface area contributed by atoms with E-state index < -0.39 is 0 Å². The summed E-state index contributed by atoms with van der Waals surface area (Å²) in [6.07, 6.45) is 3.64. The fourth-order valence-corrected chi connectivity index (χ4v) is 1.97. The summed E-state index contributed by atoms with van der Waals surface area (Å²) in [5.41, 5.74) is 2.18. The van der Waals surface area contributed by atoms with Crippen LogP contribution in [0.1, 0.15) is 12.5 Å². The molecule has 2 N–H and O–H groups in total. The molecule has 0 aliphatic rings. The van der Waals surface area contributed by atoms with Gasteiger partial charge in [-0.3, -0.25) is 4.98 Å². The van der Waals surface area contributed by atoms with Gasteiger partial charge >= 0.3 is 0 Å². The van der Waals surface area contributed by atoms with Gasteiger partial charge < -0.3 is 10.6 Å². The van der Waals surface area contributed by atoms with Gasteiger partial charge in [0.15, 0.2) is 5.96 Å². The van der Waals surface area contributed by atoms with E-state index in [2.05, 4.69) is 33.3 Å². The number of hydrogen-bond acceptors (Lipinski definition) is 2. The highest BCUT2D eigenvalue weighted by Gasteiger charge is 2.01. The monoisotopic (exact) mass is 268 g/mol. The summed E-state index contributed by atoms with van der Waals surface area (Å²) in [4.78, 5) is 8.95. The Morgan fingerprint density at radius 1 is 1.30 bits per heavy atom. The van der Waals surface area contributed by atoms with Gasteiger partial charge in [0.05, 0.1) is 12.1 Å². The number of hydrogen-bond donors (Lipinski definition) is 2. The quantitative estimate of drug-likeness (QED) is 0.497. The van der Waals surface area contributed by atoms with E-state index in [0.29, 0.717) is 13.1 Å². The molecule has 2 rings (SSSR count). The first-order valence-electron chi connectivity index (χ1n) is 6.81. The zero-order valence-electron chi connectivity index (χ0n) is 11.8. The SMILES string of the molecule is C=CCNC(=NCc1ccnc2ccccc12)NCC. The third kappa shape index (κ3) is 3.57. The molecule has 4 nitrogen and oxygen atoms in total. The molecule has 0 radical (unpaired) electrons. The zero-order valence-corrected chi connectivity index (χ0v) is 11.8. The van der Waals surface area contributed by atoms with Crippen LogP contribution in [0.25, 0.3) is 10.9 Å². The molecule has 0 amide bonds. The number of aromatic nitrogens is 1. The van der Waals surface area contributed by atoms with Crippen LogP contribution in [0.3, 0.4) is 0 Å². The Bertz CT molecular complexity index is 599. The second-order valence-corrected chi connectivity index (χ2v) is 4.35. The number of fused-ring (bicyclic) bond motifs is 1. The van der Waals surface area contributed by atoms with E-state index in [-0.39, 0.29) is 0 Å². The Kier molecular flexibility index (Phi) is 5.12. The lowest BCUT2D eigenvalue weighted by Gasteiger charge is -2.10. The first-order chi connectivity index (χ1) is 9.85. The molecule has 0 unspecified atom stereocenters. The van der Waals surface area contributed by atoms with Crippen molar-refractivity contribution in [1.82, 2.24) is 15.6 Å². The molecule has 0 bridgehead atoms. The number of rotatable bonds is 5. The standard InChI is InChI=1S/C16H20N4/c1-3-10-19-16(17-4-2)20-12-13-9-11-18-15-8-6-5-7-14(13)15/h3,5-9,11H,1,4,10,12H2,2H3,(H2,17,19,20). The molecule has 0 aliphatic carbocycles. The molecule has 2 aromatic rings. The van der Waals surface area contributed by atoms with Crippen molar-refractivity contribution in [3.05, 3.63) is 54.7 Å². The minimum absolute atomic E-state index is 0.621. The number of para-hydroxylation sites is 1. The second kappa shape index (κ2) is 7.28. The van der Waals surface area contributed by atoms with E-state index in [9.17, 15) is 0 Å². The molecule has 0 aliphatic heterocycles. The minimum atomic E-state index is 0.621. The highest BCUT2D eigenvalue weighted by molar-refractivity contribution is 5.83. The van der Waals surface area contributed by atoms with Gasteiger partial charge in [0.25, 0.3) is 0 Å². The van der Waals surface area contributed by atoms with E-state index in [0.717, 1.165) is 23.4 Å². The van der Waals surface area contributed by atoms with Crippen LogP contribution in [0.2, 0.25) is 0 Å². The van der Waals surface area contributed by atoms with Gasteiger partial charge in [-0.1, -0.05) is 24.3 Å². The first kappa shape index (κ1) is 14.1. The summed E-state index contributed by atoms with van der Waals surface area (Å²) in [6, 6.07) is 10.1. The zero-order chi connectivity index (χ0) is 14.2. The van der Waals surface area contributed by atoms with Gasteiger partial charge in [-0.05, 0) is 24.6 Å². The maximum absolute atomic E-state index is 4.59. The topological polar surface area (TPSA) is 49.3 Å². The second-order valence-electron chi connectivity index (χ2n) is 4.35. The molecule has 4 heteroatoms. The molecule has 0 saturated heterocycles. The number of pyridine rings is 1. The predicted molar refractivity (Wildman–Crippen MR) is 84.8 cm³/mol. The molecule has 0 atom stereocenters. The molecule has 0 fully saturated rings. The normalized spacial score (nSPS) is 11.3. The Morgan fingerprint density at radius 3 is 2.95 bits per heavy atom. The summed E-state index contributed by atoms with van der Waals surface area (Å²) in [5, 5.41) is 7.56. The van der Waals surface area contributed by atoms with Crippen molar-refractivity contribution in [3.8, 4) is 0 Å². The van der Waals surface area contributed by atoms with E-state index in [1.165, 1.54) is 5.56 Å². The van der Waals surface area contributed by atoms with Crippen LogP contribution in [0, 0.1) is 0 Å². The van der Waals surface area contributed by atoms with Crippen LogP contribution in [0.4, 0.5) is 0 Å². The summed E-state index contributed by atoms with van der Waals surface area (Å²) < 4.78 is 0. The van der Waals surface area contributed by atoms with E-state index in [4.69, 9.17) is 0 Å². The van der Waals surface area contributed by atoms with Crippen LogP contribution in [0.15, 0.2) is 54.2 Å². The number of nitrogens with zero attached hydrogens (tertiary/aromatic N) is 2. The van der Waals surface area contributed by atoms with Gasteiger partial charge in [0.1, 0.15) is 0 Å². The van der Waals surface area contributed by atoms with Crippen LogP contribution in [0.5, 0.6) is 0 Å². The summed E-state index contributed by atoms with van der Waals surface area (Å²) >= 11 is 0. The third-order valence-electron chi connectivity index (χ3n) is 2.90. The lowest BCUT2D eigenvalue weighted by molar-refractivity contribution is 0.861. The molecule has 1 heterocycles. The molecule has 1 aromatic heterocycles. The van der Waals surface area contributed by atoms with E-state index >= 15 is 0 Å². The van der Waals surface area contributed by atoms with Crippen LogP contribution < -0.4 is 10.6 Å². The van der Waals surface area contributed by atoms with Gasteiger partial charge in [0, 0.05) is 24.7 Å². The van der Waals surface area contributed by atoms with Crippen molar-refractivity contribution >= 4 is 16.9 Å². The van der Waals surface area contributed by atoms with Crippen molar-refractivity contribution in [2.75, 3.05) is 13.1 Å². The number of aliphatic imine (C=N–C) groups is 1. The third-order valence-corrected chi connectivity index (χ3v) is 2.90. The molecule has 1 aromatic carbocycles. The number of nitrogens with one attached hydrogen (secondary N) is 2. The van der Waals surface area contributed by atoms with Gasteiger partial charge in [-0.2, -0.15) is 0 Å². The lowest BCUT2D eigenvalue weighted by atomic mass is 10.1. The largest absolute Gasteiger partial charge is 0.357 e. The van der Waals surface area contributed by atoms with Gasteiger partial charge in [0.2, 0.25) is 0 Å². The van der Waals surface area contributed by atoms with Gasteiger partial charge in [-0.15, -0.1) is 6.58 Å². The average molecular weight is 268 g/mol. The highest BCUT2D eigenvalue weighted by atomic mass is 15.2. The highest BCUT2D eigenvalue weighted by Crippen LogP contribution is 2.16. The Labute approximate surface area is 119 Å². The van der Waals surface area contributed by atoms with Crippen molar-refractivity contribution in [1.29, 1.82) is 0 Å². The smallest absolute Gasteiger partial charge is 0.191 e.